The highest BCUT2D eigenvalue weighted by atomic mass is 79.9. The standard InChI is InChI=1S/C12H17BrN2O2/c1-4-7(3)14-11(16)8-6-9(13)10(5-2)15-12(8)17/h6-7H,4-5H2,1-3H3,(H,14,16)(H,15,17)/t7-/m1/s1. The molecule has 0 aliphatic heterocycles. The fourth-order valence-corrected chi connectivity index (χ4v) is 1.98. The molecule has 0 spiro atoms. The van der Waals surface area contributed by atoms with E-state index in [4.69, 9.17) is 0 Å². The molecule has 0 unspecified atom stereocenters. The van der Waals surface area contributed by atoms with Gasteiger partial charge >= 0.3 is 0 Å². The SMILES string of the molecule is CCc1[nH]c(=O)c(C(=O)N[C@H](C)CC)cc1Br. The number of rotatable bonds is 4. The number of aryl methyl sites for hydroxylation is 1. The molecule has 0 aliphatic carbocycles. The zero-order valence-corrected chi connectivity index (χ0v) is 11.8. The van der Waals surface area contributed by atoms with Crippen molar-refractivity contribution in [3.05, 3.63) is 32.2 Å². The number of H-pyrrole nitrogens is 1. The quantitative estimate of drug-likeness (QED) is 0.896. The molecule has 5 heteroatoms. The molecule has 0 fully saturated rings. The Kier molecular flexibility index (Phi) is 4.93. The van der Waals surface area contributed by atoms with Crippen LogP contribution in [0.1, 0.15) is 43.2 Å². The molecular formula is C12H17BrN2O2. The lowest BCUT2D eigenvalue weighted by Gasteiger charge is -2.11. The highest BCUT2D eigenvalue weighted by molar-refractivity contribution is 9.10. The van der Waals surface area contributed by atoms with Crippen molar-refractivity contribution in [3.63, 3.8) is 0 Å². The van der Waals surface area contributed by atoms with Crippen LogP contribution in [-0.4, -0.2) is 16.9 Å². The van der Waals surface area contributed by atoms with E-state index in [1.54, 1.807) is 6.07 Å². The van der Waals surface area contributed by atoms with Gasteiger partial charge in [0.2, 0.25) is 0 Å². The Bertz CT molecular complexity index is 468. The predicted molar refractivity (Wildman–Crippen MR) is 71.4 cm³/mol. The largest absolute Gasteiger partial charge is 0.349 e. The van der Waals surface area contributed by atoms with Crippen LogP contribution >= 0.6 is 15.9 Å². The number of carbonyl (C=O) groups is 1. The van der Waals surface area contributed by atoms with Gasteiger partial charge in [0, 0.05) is 16.2 Å². The first kappa shape index (κ1) is 14.0. The Labute approximate surface area is 109 Å². The van der Waals surface area contributed by atoms with Crippen LogP contribution in [0.2, 0.25) is 0 Å². The maximum atomic E-state index is 11.8. The Morgan fingerprint density at radius 3 is 2.71 bits per heavy atom. The van der Waals surface area contributed by atoms with E-state index in [9.17, 15) is 9.59 Å². The van der Waals surface area contributed by atoms with E-state index in [0.29, 0.717) is 6.42 Å². The summed E-state index contributed by atoms with van der Waals surface area (Å²) in [5.41, 5.74) is 0.607. The molecule has 1 amide bonds. The first-order valence-corrected chi connectivity index (χ1v) is 6.51. The molecule has 0 saturated heterocycles. The van der Waals surface area contributed by atoms with Crippen LogP contribution in [0.4, 0.5) is 0 Å². The van der Waals surface area contributed by atoms with Crippen molar-refractivity contribution in [1.82, 2.24) is 10.3 Å². The van der Waals surface area contributed by atoms with Crippen molar-refractivity contribution >= 4 is 21.8 Å². The minimum Gasteiger partial charge on any atom is -0.349 e. The van der Waals surface area contributed by atoms with Crippen LogP contribution in [0.15, 0.2) is 15.3 Å². The lowest BCUT2D eigenvalue weighted by molar-refractivity contribution is 0.0937. The second-order valence-corrected chi connectivity index (χ2v) is 4.83. The fraction of sp³-hybridized carbons (Fsp3) is 0.500. The van der Waals surface area contributed by atoms with Crippen LogP contribution < -0.4 is 10.9 Å². The molecule has 94 valence electrons. The van der Waals surface area contributed by atoms with E-state index in [0.717, 1.165) is 16.6 Å². The molecule has 4 nitrogen and oxygen atoms in total. The molecule has 2 N–H and O–H groups in total. The molecule has 1 aromatic rings. The molecule has 0 bridgehead atoms. The number of aromatic nitrogens is 1. The third kappa shape index (κ3) is 3.43. The second-order valence-electron chi connectivity index (χ2n) is 3.97. The molecule has 1 rings (SSSR count). The van der Waals surface area contributed by atoms with Gasteiger partial charge in [0.15, 0.2) is 0 Å². The first-order valence-electron chi connectivity index (χ1n) is 5.72. The lowest BCUT2D eigenvalue weighted by atomic mass is 10.2. The highest BCUT2D eigenvalue weighted by Gasteiger charge is 2.14. The van der Waals surface area contributed by atoms with E-state index < -0.39 is 0 Å². The lowest BCUT2D eigenvalue weighted by Crippen LogP contribution is -2.35. The fourth-order valence-electron chi connectivity index (χ4n) is 1.37. The summed E-state index contributed by atoms with van der Waals surface area (Å²) in [6, 6.07) is 1.64. The topological polar surface area (TPSA) is 62.0 Å². The van der Waals surface area contributed by atoms with Gasteiger partial charge in [-0.05, 0) is 41.8 Å². The zero-order valence-electron chi connectivity index (χ0n) is 10.3. The van der Waals surface area contributed by atoms with Crippen molar-refractivity contribution in [3.8, 4) is 0 Å². The molecule has 0 radical (unpaired) electrons. The van der Waals surface area contributed by atoms with Crippen LogP contribution in [0, 0.1) is 0 Å². The summed E-state index contributed by atoms with van der Waals surface area (Å²) in [5.74, 6) is -0.330. The number of halogens is 1. The molecule has 0 aromatic carbocycles. The highest BCUT2D eigenvalue weighted by Crippen LogP contribution is 2.14. The number of carbonyl (C=O) groups excluding carboxylic acids is 1. The first-order chi connectivity index (χ1) is 7.99. The van der Waals surface area contributed by atoms with Gasteiger partial charge in [-0.1, -0.05) is 13.8 Å². The molecule has 0 aliphatic rings. The van der Waals surface area contributed by atoms with Gasteiger partial charge in [-0.3, -0.25) is 9.59 Å². The van der Waals surface area contributed by atoms with Gasteiger partial charge in [-0.25, -0.2) is 0 Å². The molecular weight excluding hydrogens is 284 g/mol. The number of aromatic amines is 1. The van der Waals surface area contributed by atoms with Gasteiger partial charge in [-0.2, -0.15) is 0 Å². The maximum absolute atomic E-state index is 11.8. The van der Waals surface area contributed by atoms with Gasteiger partial charge in [0.1, 0.15) is 5.56 Å². The van der Waals surface area contributed by atoms with E-state index in [1.165, 1.54) is 0 Å². The van der Waals surface area contributed by atoms with Gasteiger partial charge in [0.05, 0.1) is 0 Å². The predicted octanol–water partition coefficient (Wildman–Crippen LogP) is 2.23. The summed E-state index contributed by atoms with van der Waals surface area (Å²) < 4.78 is 0.758. The normalized spacial score (nSPS) is 12.2. The Hall–Kier alpha value is -1.10. The van der Waals surface area contributed by atoms with Gasteiger partial charge in [-0.15, -0.1) is 0 Å². The van der Waals surface area contributed by atoms with Gasteiger partial charge < -0.3 is 10.3 Å². The van der Waals surface area contributed by atoms with E-state index in [-0.39, 0.29) is 23.1 Å². The van der Waals surface area contributed by atoms with E-state index in [2.05, 4.69) is 26.2 Å². The second kappa shape index (κ2) is 6.00. The van der Waals surface area contributed by atoms with Crippen molar-refractivity contribution in [2.75, 3.05) is 0 Å². The minimum atomic E-state index is -0.342. The smallest absolute Gasteiger partial charge is 0.261 e. The number of pyridine rings is 1. The summed E-state index contributed by atoms with van der Waals surface area (Å²) in [6.07, 6.45) is 1.54. The van der Waals surface area contributed by atoms with Crippen molar-refractivity contribution in [1.29, 1.82) is 0 Å². The van der Waals surface area contributed by atoms with Crippen LogP contribution in [-0.2, 0) is 6.42 Å². The molecule has 17 heavy (non-hydrogen) atoms. The summed E-state index contributed by atoms with van der Waals surface area (Å²) in [6.45, 7) is 5.82. The average molecular weight is 301 g/mol. The third-order valence-corrected chi connectivity index (χ3v) is 3.36. The summed E-state index contributed by atoms with van der Waals surface area (Å²) in [5, 5.41) is 2.77. The molecule has 1 atom stereocenters. The average Bonchev–Trinajstić information content (AvgIpc) is 2.31. The Morgan fingerprint density at radius 1 is 1.53 bits per heavy atom. The van der Waals surface area contributed by atoms with Crippen molar-refractivity contribution in [2.24, 2.45) is 0 Å². The number of amides is 1. The molecule has 1 aromatic heterocycles. The Morgan fingerprint density at radius 2 is 2.18 bits per heavy atom. The third-order valence-electron chi connectivity index (χ3n) is 2.66. The Balaban J connectivity index is 3.03. The monoisotopic (exact) mass is 300 g/mol. The number of hydrogen-bond donors (Lipinski definition) is 2. The van der Waals surface area contributed by atoms with Crippen molar-refractivity contribution in [2.45, 2.75) is 39.7 Å². The van der Waals surface area contributed by atoms with Crippen LogP contribution in [0.3, 0.4) is 0 Å². The van der Waals surface area contributed by atoms with E-state index >= 15 is 0 Å². The van der Waals surface area contributed by atoms with Crippen LogP contribution in [0.25, 0.3) is 0 Å². The zero-order chi connectivity index (χ0) is 13.0. The number of hydrogen-bond acceptors (Lipinski definition) is 2. The van der Waals surface area contributed by atoms with E-state index in [1.807, 2.05) is 20.8 Å². The number of nitrogens with one attached hydrogen (secondary N) is 2. The van der Waals surface area contributed by atoms with Crippen LogP contribution in [0.5, 0.6) is 0 Å². The summed E-state index contributed by atoms with van der Waals surface area (Å²) >= 11 is 3.34. The molecule has 1 heterocycles. The van der Waals surface area contributed by atoms with Gasteiger partial charge in [0.25, 0.3) is 11.5 Å². The van der Waals surface area contributed by atoms with Crippen molar-refractivity contribution < 1.29 is 4.79 Å². The summed E-state index contributed by atoms with van der Waals surface area (Å²) in [7, 11) is 0. The maximum Gasteiger partial charge on any atom is 0.261 e. The summed E-state index contributed by atoms with van der Waals surface area (Å²) in [4.78, 5) is 26.3. The minimum absolute atomic E-state index is 0.0616. The molecule has 0 saturated carbocycles.